The molecule has 0 atom stereocenters. The van der Waals surface area contributed by atoms with Crippen LogP contribution in [0, 0.1) is 5.82 Å². The van der Waals surface area contributed by atoms with E-state index in [0.29, 0.717) is 0 Å². The van der Waals surface area contributed by atoms with Gasteiger partial charge in [0.05, 0.1) is 11.3 Å². The van der Waals surface area contributed by atoms with Crippen LogP contribution >= 0.6 is 0 Å². The summed E-state index contributed by atoms with van der Waals surface area (Å²) in [6, 6.07) is 9.94. The first-order valence-electron chi connectivity index (χ1n) is 6.59. The topological polar surface area (TPSA) is 66.6 Å². The van der Waals surface area contributed by atoms with E-state index < -0.39 is 11.8 Å². The van der Waals surface area contributed by atoms with Gasteiger partial charge in [0.25, 0.3) is 0 Å². The summed E-state index contributed by atoms with van der Waals surface area (Å²) in [5.41, 5.74) is 7.46. The lowest BCUT2D eigenvalue weighted by Gasteiger charge is -2.21. The average molecular weight is 288 g/mol. The van der Waals surface area contributed by atoms with Crippen molar-refractivity contribution < 1.29 is 14.3 Å². The zero-order valence-electron chi connectivity index (χ0n) is 11.9. The molecule has 0 saturated heterocycles. The maximum Gasteiger partial charge on any atom is 0.337 e. The Labute approximate surface area is 122 Å². The first-order chi connectivity index (χ1) is 9.93. The molecule has 2 rings (SSSR count). The Kier molecular flexibility index (Phi) is 4.12. The fourth-order valence-electron chi connectivity index (χ4n) is 2.11. The molecule has 0 saturated carbocycles. The number of hydrogen-bond donors (Lipinski definition) is 2. The van der Waals surface area contributed by atoms with E-state index in [0.717, 1.165) is 18.2 Å². The Bertz CT molecular complexity index is 669. The molecule has 0 radical (unpaired) electrons. The third kappa shape index (κ3) is 2.97. The van der Waals surface area contributed by atoms with Gasteiger partial charge in [-0.2, -0.15) is 0 Å². The summed E-state index contributed by atoms with van der Waals surface area (Å²) in [7, 11) is 1.68. The van der Waals surface area contributed by atoms with Crippen LogP contribution in [0.5, 0.6) is 0 Å². The minimum absolute atomic E-state index is 0.0847. The number of rotatable bonds is 4. The van der Waals surface area contributed by atoms with Gasteiger partial charge >= 0.3 is 5.97 Å². The molecule has 0 aliphatic rings. The van der Waals surface area contributed by atoms with Crippen LogP contribution in [0.15, 0.2) is 36.4 Å². The second kappa shape index (κ2) is 5.83. The molecule has 0 heterocycles. The first-order valence-corrected chi connectivity index (χ1v) is 6.59. The van der Waals surface area contributed by atoms with E-state index in [1.54, 1.807) is 11.9 Å². The SMILES string of the molecule is CCc1ccc(N(C)c2cc(C(=O)O)c(N)cc2F)cc1. The number of carboxylic acids is 1. The van der Waals surface area contributed by atoms with Crippen molar-refractivity contribution in [2.24, 2.45) is 0 Å². The van der Waals surface area contributed by atoms with E-state index in [-0.39, 0.29) is 16.9 Å². The van der Waals surface area contributed by atoms with Crippen LogP contribution in [0.25, 0.3) is 0 Å². The zero-order chi connectivity index (χ0) is 15.6. The van der Waals surface area contributed by atoms with E-state index in [1.165, 1.54) is 11.6 Å². The minimum Gasteiger partial charge on any atom is -0.478 e. The second-order valence-corrected chi connectivity index (χ2v) is 4.78. The molecular formula is C16H17FN2O2. The molecule has 0 aromatic heterocycles. The van der Waals surface area contributed by atoms with E-state index in [2.05, 4.69) is 6.92 Å². The molecule has 21 heavy (non-hydrogen) atoms. The van der Waals surface area contributed by atoms with Crippen molar-refractivity contribution >= 4 is 23.0 Å². The van der Waals surface area contributed by atoms with Gasteiger partial charge in [0.2, 0.25) is 0 Å². The van der Waals surface area contributed by atoms with Gasteiger partial charge in [0, 0.05) is 18.4 Å². The number of benzene rings is 2. The van der Waals surface area contributed by atoms with Crippen molar-refractivity contribution in [3.63, 3.8) is 0 Å². The Hall–Kier alpha value is -2.56. The maximum atomic E-state index is 14.1. The van der Waals surface area contributed by atoms with Crippen LogP contribution < -0.4 is 10.6 Å². The lowest BCUT2D eigenvalue weighted by atomic mass is 10.1. The lowest BCUT2D eigenvalue weighted by molar-refractivity contribution is 0.0698. The quantitative estimate of drug-likeness (QED) is 0.846. The molecule has 110 valence electrons. The molecule has 0 aliphatic carbocycles. The van der Waals surface area contributed by atoms with Crippen molar-refractivity contribution in [1.82, 2.24) is 0 Å². The molecule has 2 aromatic rings. The average Bonchev–Trinajstić information content (AvgIpc) is 2.46. The summed E-state index contributed by atoms with van der Waals surface area (Å²) in [6.45, 7) is 2.05. The van der Waals surface area contributed by atoms with Gasteiger partial charge in [-0.25, -0.2) is 9.18 Å². The number of nitrogens with two attached hydrogens (primary N) is 1. The Morgan fingerprint density at radius 2 is 1.90 bits per heavy atom. The summed E-state index contributed by atoms with van der Waals surface area (Å²) in [5, 5.41) is 9.08. The van der Waals surface area contributed by atoms with Crippen LogP contribution in [0.2, 0.25) is 0 Å². The van der Waals surface area contributed by atoms with Crippen LogP contribution in [-0.4, -0.2) is 18.1 Å². The monoisotopic (exact) mass is 288 g/mol. The maximum absolute atomic E-state index is 14.1. The van der Waals surface area contributed by atoms with Crippen LogP contribution in [0.3, 0.4) is 0 Å². The number of hydrogen-bond acceptors (Lipinski definition) is 3. The summed E-state index contributed by atoms with van der Waals surface area (Å²) < 4.78 is 14.1. The van der Waals surface area contributed by atoms with Crippen molar-refractivity contribution in [3.05, 3.63) is 53.3 Å². The number of carbonyl (C=O) groups is 1. The van der Waals surface area contributed by atoms with E-state index in [9.17, 15) is 9.18 Å². The molecule has 2 aromatic carbocycles. The highest BCUT2D eigenvalue weighted by atomic mass is 19.1. The Morgan fingerprint density at radius 3 is 2.43 bits per heavy atom. The molecular weight excluding hydrogens is 271 g/mol. The molecule has 0 fully saturated rings. The fourth-order valence-corrected chi connectivity index (χ4v) is 2.11. The van der Waals surface area contributed by atoms with Crippen LogP contribution in [0.1, 0.15) is 22.8 Å². The van der Waals surface area contributed by atoms with Gasteiger partial charge in [0.1, 0.15) is 5.82 Å². The predicted molar refractivity (Wildman–Crippen MR) is 81.7 cm³/mol. The molecule has 5 heteroatoms. The third-order valence-electron chi connectivity index (χ3n) is 3.44. The van der Waals surface area contributed by atoms with E-state index >= 15 is 0 Å². The molecule has 4 nitrogen and oxygen atoms in total. The van der Waals surface area contributed by atoms with E-state index in [4.69, 9.17) is 10.8 Å². The van der Waals surface area contributed by atoms with Gasteiger partial charge in [-0.15, -0.1) is 0 Å². The number of nitrogen functional groups attached to an aromatic ring is 1. The van der Waals surface area contributed by atoms with Gasteiger partial charge in [-0.05, 0) is 36.2 Å². The lowest BCUT2D eigenvalue weighted by Crippen LogP contribution is -2.13. The Balaban J connectivity index is 2.44. The largest absolute Gasteiger partial charge is 0.478 e. The second-order valence-electron chi connectivity index (χ2n) is 4.78. The number of aromatic carboxylic acids is 1. The van der Waals surface area contributed by atoms with Gasteiger partial charge in [-0.3, -0.25) is 0 Å². The van der Waals surface area contributed by atoms with Crippen LogP contribution in [-0.2, 0) is 6.42 Å². The van der Waals surface area contributed by atoms with Gasteiger partial charge < -0.3 is 15.7 Å². The normalized spacial score (nSPS) is 10.4. The number of halogens is 1. The number of nitrogens with zero attached hydrogens (tertiary/aromatic N) is 1. The highest BCUT2D eigenvalue weighted by molar-refractivity contribution is 5.95. The number of aryl methyl sites for hydroxylation is 1. The number of carboxylic acid groups (broad SMARTS) is 1. The van der Waals surface area contributed by atoms with Crippen molar-refractivity contribution in [2.45, 2.75) is 13.3 Å². The number of anilines is 3. The van der Waals surface area contributed by atoms with Crippen LogP contribution in [0.4, 0.5) is 21.5 Å². The van der Waals surface area contributed by atoms with Gasteiger partial charge in [-0.1, -0.05) is 19.1 Å². The van der Waals surface area contributed by atoms with Crippen molar-refractivity contribution in [1.29, 1.82) is 0 Å². The molecule has 3 N–H and O–H groups in total. The first kappa shape index (κ1) is 14.8. The standard InChI is InChI=1S/C16H17FN2O2/c1-3-10-4-6-11(7-5-10)19(2)15-8-12(16(20)21)14(18)9-13(15)17/h4-9H,3,18H2,1-2H3,(H,20,21). The van der Waals surface area contributed by atoms with Crippen molar-refractivity contribution in [2.75, 3.05) is 17.7 Å². The van der Waals surface area contributed by atoms with E-state index in [1.807, 2.05) is 24.3 Å². The molecule has 0 aliphatic heterocycles. The Morgan fingerprint density at radius 1 is 1.29 bits per heavy atom. The molecule has 0 bridgehead atoms. The fraction of sp³-hybridized carbons (Fsp3) is 0.188. The summed E-state index contributed by atoms with van der Waals surface area (Å²) >= 11 is 0. The minimum atomic E-state index is -1.18. The molecule has 0 amide bonds. The summed E-state index contributed by atoms with van der Waals surface area (Å²) in [4.78, 5) is 12.7. The highest BCUT2D eigenvalue weighted by Crippen LogP contribution is 2.30. The predicted octanol–water partition coefficient (Wildman–Crippen LogP) is 3.44. The summed E-state index contributed by atoms with van der Waals surface area (Å²) in [5.74, 6) is -1.73. The molecule has 0 spiro atoms. The smallest absolute Gasteiger partial charge is 0.337 e. The van der Waals surface area contributed by atoms with Crippen molar-refractivity contribution in [3.8, 4) is 0 Å². The summed E-state index contributed by atoms with van der Waals surface area (Å²) in [6.07, 6.45) is 0.920. The third-order valence-corrected chi connectivity index (χ3v) is 3.44. The highest BCUT2D eigenvalue weighted by Gasteiger charge is 2.16. The zero-order valence-corrected chi connectivity index (χ0v) is 11.9. The molecule has 0 unspecified atom stereocenters. The van der Waals surface area contributed by atoms with Gasteiger partial charge in [0.15, 0.2) is 0 Å².